The first-order valence-corrected chi connectivity index (χ1v) is 9.96. The van der Waals surface area contributed by atoms with Crippen molar-refractivity contribution in [3.63, 3.8) is 0 Å². The molecule has 0 aliphatic heterocycles. The second-order valence-electron chi connectivity index (χ2n) is 7.31. The van der Waals surface area contributed by atoms with E-state index in [1.165, 1.54) is 0 Å². The summed E-state index contributed by atoms with van der Waals surface area (Å²) >= 11 is 0. The number of nitrogens with zero attached hydrogens (tertiary/aromatic N) is 3. The van der Waals surface area contributed by atoms with Crippen molar-refractivity contribution in [3.8, 4) is 11.6 Å². The monoisotopic (exact) mass is 413 g/mol. The van der Waals surface area contributed by atoms with Gasteiger partial charge in [-0.1, -0.05) is 18.2 Å². The lowest BCUT2D eigenvalue weighted by Crippen LogP contribution is -2.13. The first-order chi connectivity index (χ1) is 15.1. The Hall–Kier alpha value is -4.20. The Balaban J connectivity index is 1.24. The zero-order valence-electron chi connectivity index (χ0n) is 16.5. The minimum Gasteiger partial charge on any atom is -0.438 e. The van der Waals surface area contributed by atoms with E-state index in [1.54, 1.807) is 59.2 Å². The lowest BCUT2D eigenvalue weighted by molar-refractivity contribution is -0.117. The Kier molecular flexibility index (Phi) is 4.80. The predicted octanol–water partition coefficient (Wildman–Crippen LogP) is 4.12. The lowest BCUT2D eigenvalue weighted by Gasteiger charge is -2.08. The molecule has 5 rings (SSSR count). The zero-order valence-corrected chi connectivity index (χ0v) is 16.5. The summed E-state index contributed by atoms with van der Waals surface area (Å²) in [6, 6.07) is 19.5. The van der Waals surface area contributed by atoms with E-state index in [-0.39, 0.29) is 17.7 Å². The number of rotatable bonds is 6. The van der Waals surface area contributed by atoms with Crippen LogP contribution < -0.4 is 15.4 Å². The van der Waals surface area contributed by atoms with Gasteiger partial charge >= 0.3 is 0 Å². The first kappa shape index (κ1) is 18.8. The van der Waals surface area contributed by atoms with Crippen LogP contribution in [0.15, 0.2) is 72.9 Å². The fourth-order valence-electron chi connectivity index (χ4n) is 3.07. The maximum absolute atomic E-state index is 12.2. The van der Waals surface area contributed by atoms with Gasteiger partial charge in [0.1, 0.15) is 5.75 Å². The second-order valence-corrected chi connectivity index (χ2v) is 7.31. The van der Waals surface area contributed by atoms with Crippen molar-refractivity contribution in [1.82, 2.24) is 14.6 Å². The molecule has 2 amide bonds. The highest BCUT2D eigenvalue weighted by Crippen LogP contribution is 2.30. The van der Waals surface area contributed by atoms with Gasteiger partial charge in [0.05, 0.1) is 6.20 Å². The fraction of sp³-hybridized carbons (Fsp3) is 0.130. The number of benzene rings is 2. The number of carbonyl (C=O) groups is 2. The molecule has 0 radical (unpaired) electrons. The van der Waals surface area contributed by atoms with Gasteiger partial charge in [0, 0.05) is 23.2 Å². The second kappa shape index (κ2) is 7.91. The van der Waals surface area contributed by atoms with E-state index >= 15 is 0 Å². The van der Waals surface area contributed by atoms with Crippen LogP contribution in [0, 0.1) is 5.92 Å². The van der Waals surface area contributed by atoms with Gasteiger partial charge < -0.3 is 15.4 Å². The molecule has 2 aromatic heterocycles. The van der Waals surface area contributed by atoms with Crippen molar-refractivity contribution in [2.24, 2.45) is 5.92 Å². The molecule has 2 heterocycles. The number of nitrogens with one attached hydrogen (secondary N) is 2. The molecule has 0 saturated heterocycles. The maximum atomic E-state index is 12.2. The average molecular weight is 413 g/mol. The number of fused-ring (bicyclic) bond motifs is 1. The molecule has 1 aliphatic rings. The van der Waals surface area contributed by atoms with Gasteiger partial charge in [0.2, 0.25) is 11.8 Å². The predicted molar refractivity (Wildman–Crippen MR) is 115 cm³/mol. The molecule has 0 atom stereocenters. The van der Waals surface area contributed by atoms with Crippen molar-refractivity contribution in [3.05, 3.63) is 78.5 Å². The normalized spacial score (nSPS) is 13.0. The SMILES string of the molecule is O=C(Nc1ccc(Oc2ccc3nc(NC(=O)C4CC4)cn3n2)cc1)c1ccccc1. The molecule has 1 saturated carbocycles. The van der Waals surface area contributed by atoms with Crippen molar-refractivity contribution in [1.29, 1.82) is 0 Å². The topological polar surface area (TPSA) is 97.6 Å². The number of aromatic nitrogens is 3. The Labute approximate surface area is 177 Å². The maximum Gasteiger partial charge on any atom is 0.255 e. The fourth-order valence-corrected chi connectivity index (χ4v) is 3.07. The summed E-state index contributed by atoms with van der Waals surface area (Å²) in [4.78, 5) is 28.5. The van der Waals surface area contributed by atoms with Crippen molar-refractivity contribution in [2.75, 3.05) is 10.6 Å². The van der Waals surface area contributed by atoms with Crippen molar-refractivity contribution in [2.45, 2.75) is 12.8 Å². The molecule has 4 aromatic rings. The Morgan fingerprint density at radius 3 is 2.45 bits per heavy atom. The highest BCUT2D eigenvalue weighted by Gasteiger charge is 2.30. The number of imidazole rings is 1. The number of anilines is 2. The van der Waals surface area contributed by atoms with E-state index in [2.05, 4.69) is 20.7 Å². The van der Waals surface area contributed by atoms with Crippen molar-refractivity contribution >= 4 is 29.0 Å². The third kappa shape index (κ3) is 4.37. The summed E-state index contributed by atoms with van der Waals surface area (Å²) < 4.78 is 7.37. The lowest BCUT2D eigenvalue weighted by atomic mass is 10.2. The van der Waals surface area contributed by atoms with E-state index in [9.17, 15) is 9.59 Å². The van der Waals surface area contributed by atoms with Crippen LogP contribution in [0.1, 0.15) is 23.2 Å². The zero-order chi connectivity index (χ0) is 21.2. The smallest absolute Gasteiger partial charge is 0.255 e. The molecule has 1 aliphatic carbocycles. The highest BCUT2D eigenvalue weighted by atomic mass is 16.5. The number of carbonyl (C=O) groups excluding carboxylic acids is 2. The van der Waals surface area contributed by atoms with E-state index in [0.717, 1.165) is 12.8 Å². The molecule has 0 bridgehead atoms. The summed E-state index contributed by atoms with van der Waals surface area (Å²) in [6.07, 6.45) is 3.53. The average Bonchev–Trinajstić information content (AvgIpc) is 3.56. The van der Waals surface area contributed by atoms with Crippen molar-refractivity contribution < 1.29 is 14.3 Å². The summed E-state index contributed by atoms with van der Waals surface area (Å²) in [7, 11) is 0. The highest BCUT2D eigenvalue weighted by molar-refractivity contribution is 6.04. The number of ether oxygens (including phenoxy) is 1. The van der Waals surface area contributed by atoms with Gasteiger partial charge in [0.25, 0.3) is 5.91 Å². The number of amides is 2. The van der Waals surface area contributed by atoms with E-state index in [1.807, 2.05) is 18.2 Å². The van der Waals surface area contributed by atoms with Crippen LogP contribution in [0.2, 0.25) is 0 Å². The van der Waals surface area contributed by atoms with Gasteiger partial charge in [0.15, 0.2) is 11.5 Å². The minimum atomic E-state index is -0.175. The van der Waals surface area contributed by atoms with Crippen LogP contribution in [-0.4, -0.2) is 26.4 Å². The molecule has 8 nitrogen and oxygen atoms in total. The van der Waals surface area contributed by atoms with Gasteiger partial charge in [-0.2, -0.15) is 0 Å². The number of hydrogen-bond donors (Lipinski definition) is 2. The quantitative estimate of drug-likeness (QED) is 0.495. The third-order valence-electron chi connectivity index (χ3n) is 4.87. The van der Waals surface area contributed by atoms with E-state index in [4.69, 9.17) is 4.74 Å². The minimum absolute atomic E-state index is 0.000625. The van der Waals surface area contributed by atoms with Gasteiger partial charge in [-0.15, -0.1) is 5.10 Å². The standard InChI is InChI=1S/C23H19N5O3/c29-22(15-4-2-1-3-5-15)24-17-8-10-18(11-9-17)31-21-13-12-20-25-19(14-28(20)27-21)26-23(30)16-6-7-16/h1-5,8-14,16H,6-7H2,(H,24,29)(H,26,30). The van der Waals surface area contributed by atoms with Crippen LogP contribution in [0.3, 0.4) is 0 Å². The van der Waals surface area contributed by atoms with Crippen LogP contribution >= 0.6 is 0 Å². The Bertz CT molecular complexity index is 1250. The largest absolute Gasteiger partial charge is 0.438 e. The van der Waals surface area contributed by atoms with Gasteiger partial charge in [-0.3, -0.25) is 9.59 Å². The molecule has 31 heavy (non-hydrogen) atoms. The number of hydrogen-bond acceptors (Lipinski definition) is 5. The van der Waals surface area contributed by atoms with Gasteiger partial charge in [-0.25, -0.2) is 9.50 Å². The molecular weight excluding hydrogens is 394 g/mol. The summed E-state index contributed by atoms with van der Waals surface area (Å²) in [5.41, 5.74) is 1.86. The molecule has 2 N–H and O–H groups in total. The molecule has 1 fully saturated rings. The Morgan fingerprint density at radius 2 is 1.71 bits per heavy atom. The van der Waals surface area contributed by atoms with Crippen LogP contribution in [0.4, 0.5) is 11.5 Å². The first-order valence-electron chi connectivity index (χ1n) is 9.96. The van der Waals surface area contributed by atoms with Crippen LogP contribution in [0.5, 0.6) is 11.6 Å². The molecule has 2 aromatic carbocycles. The molecule has 154 valence electrons. The molecule has 8 heteroatoms. The van der Waals surface area contributed by atoms with Crippen LogP contribution in [0.25, 0.3) is 5.65 Å². The summed E-state index contributed by atoms with van der Waals surface area (Å²) in [5.74, 6) is 1.36. The molecule has 0 unspecified atom stereocenters. The van der Waals surface area contributed by atoms with Gasteiger partial charge in [-0.05, 0) is 55.3 Å². The van der Waals surface area contributed by atoms with E-state index in [0.29, 0.717) is 34.3 Å². The molecular formula is C23H19N5O3. The van der Waals surface area contributed by atoms with Crippen LogP contribution in [-0.2, 0) is 4.79 Å². The molecule has 0 spiro atoms. The van der Waals surface area contributed by atoms with E-state index < -0.39 is 0 Å². The Morgan fingerprint density at radius 1 is 0.935 bits per heavy atom. The third-order valence-corrected chi connectivity index (χ3v) is 4.87. The summed E-state index contributed by atoms with van der Waals surface area (Å²) in [6.45, 7) is 0. The summed E-state index contributed by atoms with van der Waals surface area (Å²) in [5, 5.41) is 10.0.